The Morgan fingerprint density at radius 3 is 1.76 bits per heavy atom. The monoisotopic (exact) mass is 353 g/mol. The molecule has 1 N–H and O–H groups in total. The molecule has 0 aliphatic heterocycles. The largest absolute Gasteiger partial charge is 0.402 e. The van der Waals surface area contributed by atoms with Crippen LogP contribution in [-0.4, -0.2) is 25.4 Å². The average Bonchev–Trinajstić information content (AvgIpc) is 2.28. The summed E-state index contributed by atoms with van der Waals surface area (Å²) >= 11 is 11.6. The van der Waals surface area contributed by atoms with Gasteiger partial charge in [0.2, 0.25) is 0 Å². The lowest BCUT2D eigenvalue weighted by Crippen LogP contribution is -2.51. The normalized spacial score (nSPS) is 14.6. The quantitative estimate of drug-likeness (QED) is 0.762. The molecule has 0 saturated carbocycles. The minimum atomic E-state index is -5.43. The van der Waals surface area contributed by atoms with E-state index in [-0.39, 0.29) is 15.6 Å². The molecule has 9 heteroatoms. The van der Waals surface area contributed by atoms with Gasteiger partial charge in [0.05, 0.1) is 0 Å². The Morgan fingerprint density at radius 2 is 1.43 bits per heavy atom. The van der Waals surface area contributed by atoms with Crippen LogP contribution in [0.2, 0.25) is 10.0 Å². The third-order valence-electron chi connectivity index (χ3n) is 2.96. The Labute approximate surface area is 127 Å². The van der Waals surface area contributed by atoms with Crippen LogP contribution in [0.5, 0.6) is 0 Å². The zero-order chi connectivity index (χ0) is 16.4. The summed E-state index contributed by atoms with van der Waals surface area (Å²) in [6.45, 7) is 0. The molecule has 0 amide bonds. The van der Waals surface area contributed by atoms with E-state index in [1.165, 1.54) is 18.2 Å². The predicted octanol–water partition coefficient (Wildman–Crippen LogP) is 4.86. The highest BCUT2D eigenvalue weighted by molar-refractivity contribution is 6.36. The Bertz CT molecular complexity index is 451. The molecule has 0 spiro atoms. The molecule has 0 aliphatic rings. The van der Waals surface area contributed by atoms with Crippen molar-refractivity contribution in [2.24, 2.45) is 5.92 Å². The van der Waals surface area contributed by atoms with E-state index in [9.17, 15) is 26.3 Å². The van der Waals surface area contributed by atoms with Gasteiger partial charge in [0.25, 0.3) is 0 Å². The Hall–Kier alpha value is -0.660. The number of likely N-dealkylation sites (N-methyl/N-ethyl adjacent to an activating group) is 1. The van der Waals surface area contributed by atoms with Gasteiger partial charge in [-0.2, -0.15) is 26.3 Å². The molecule has 0 aromatic heterocycles. The Kier molecular flexibility index (Phi) is 5.80. The minimum Gasteiger partial charge on any atom is -0.316 e. The number of benzene rings is 1. The first-order valence-electron chi connectivity index (χ1n) is 5.72. The summed E-state index contributed by atoms with van der Waals surface area (Å²) in [5, 5.41) is 2.10. The topological polar surface area (TPSA) is 12.0 Å². The summed E-state index contributed by atoms with van der Waals surface area (Å²) in [6, 6.07) is 2.23. The number of hydrogen-bond acceptors (Lipinski definition) is 1. The van der Waals surface area contributed by atoms with Crippen molar-refractivity contribution in [2.45, 2.75) is 24.8 Å². The predicted molar refractivity (Wildman–Crippen MR) is 68.6 cm³/mol. The maximum absolute atomic E-state index is 12.7. The average molecular weight is 354 g/mol. The summed E-state index contributed by atoms with van der Waals surface area (Å²) in [4.78, 5) is 0. The molecule has 0 aliphatic carbocycles. The van der Waals surface area contributed by atoms with Crippen molar-refractivity contribution in [3.05, 3.63) is 33.8 Å². The van der Waals surface area contributed by atoms with Crippen molar-refractivity contribution in [3.63, 3.8) is 0 Å². The minimum absolute atomic E-state index is 0.0193. The van der Waals surface area contributed by atoms with Crippen LogP contribution in [0, 0.1) is 5.92 Å². The first kappa shape index (κ1) is 18.4. The zero-order valence-electron chi connectivity index (χ0n) is 10.6. The van der Waals surface area contributed by atoms with Crippen molar-refractivity contribution in [3.8, 4) is 0 Å². The molecule has 1 rings (SSSR count). The molecule has 0 heterocycles. The standard InChI is InChI=1S/C12H11Cl2F6N/c1-21-9(10(11(15,16)17)12(18,19)20)5-6-7(13)3-2-4-8(6)14/h2-4,9-10,21H,5H2,1H3. The molecular formula is C12H11Cl2F6N. The van der Waals surface area contributed by atoms with E-state index in [1.807, 2.05) is 0 Å². The van der Waals surface area contributed by atoms with E-state index in [0.29, 0.717) is 0 Å². The van der Waals surface area contributed by atoms with Crippen LogP contribution in [0.3, 0.4) is 0 Å². The van der Waals surface area contributed by atoms with E-state index < -0.39 is 30.7 Å². The summed E-state index contributed by atoms with van der Waals surface area (Å²) in [5.41, 5.74) is 0.0404. The van der Waals surface area contributed by atoms with Crippen LogP contribution in [0.15, 0.2) is 18.2 Å². The summed E-state index contributed by atoms with van der Waals surface area (Å²) in [6.07, 6.45) is -11.5. The van der Waals surface area contributed by atoms with Crippen molar-refractivity contribution >= 4 is 23.2 Å². The maximum atomic E-state index is 12.7. The molecule has 1 aromatic carbocycles. The van der Waals surface area contributed by atoms with Gasteiger partial charge in [-0.15, -0.1) is 0 Å². The van der Waals surface area contributed by atoms with Crippen molar-refractivity contribution < 1.29 is 26.3 Å². The van der Waals surface area contributed by atoms with Gasteiger partial charge in [0, 0.05) is 16.1 Å². The van der Waals surface area contributed by atoms with Gasteiger partial charge in [-0.05, 0) is 31.2 Å². The highest BCUT2D eigenvalue weighted by Crippen LogP contribution is 2.42. The first-order chi connectivity index (χ1) is 9.48. The van der Waals surface area contributed by atoms with Crippen LogP contribution in [0.4, 0.5) is 26.3 Å². The van der Waals surface area contributed by atoms with Crippen LogP contribution in [0.1, 0.15) is 5.56 Å². The summed E-state index contributed by atoms with van der Waals surface area (Å²) < 4.78 is 76.4. The third-order valence-corrected chi connectivity index (χ3v) is 3.67. The molecule has 0 saturated heterocycles. The van der Waals surface area contributed by atoms with Gasteiger partial charge in [0.15, 0.2) is 5.92 Å². The number of alkyl halides is 6. The highest BCUT2D eigenvalue weighted by Gasteiger charge is 2.59. The molecule has 0 fully saturated rings. The molecule has 0 bridgehead atoms. The highest BCUT2D eigenvalue weighted by atomic mass is 35.5. The molecule has 1 unspecified atom stereocenters. The molecule has 120 valence electrons. The van der Waals surface area contributed by atoms with E-state index in [2.05, 4.69) is 5.32 Å². The molecular weight excluding hydrogens is 343 g/mol. The van der Waals surface area contributed by atoms with Gasteiger partial charge in [-0.3, -0.25) is 0 Å². The number of hydrogen-bond donors (Lipinski definition) is 1. The second-order valence-corrected chi connectivity index (χ2v) is 5.17. The lowest BCUT2D eigenvalue weighted by atomic mass is 9.92. The van der Waals surface area contributed by atoms with Gasteiger partial charge in [-0.1, -0.05) is 29.3 Å². The Morgan fingerprint density at radius 1 is 1.00 bits per heavy atom. The van der Waals surface area contributed by atoms with E-state index in [4.69, 9.17) is 23.2 Å². The summed E-state index contributed by atoms with van der Waals surface area (Å²) in [5.74, 6) is -3.51. The van der Waals surface area contributed by atoms with E-state index >= 15 is 0 Å². The second-order valence-electron chi connectivity index (χ2n) is 4.36. The fourth-order valence-corrected chi connectivity index (χ4v) is 2.53. The SMILES string of the molecule is CNC(Cc1c(Cl)cccc1Cl)C(C(F)(F)F)C(F)(F)F. The van der Waals surface area contributed by atoms with Crippen LogP contribution < -0.4 is 5.32 Å². The second kappa shape index (κ2) is 6.62. The van der Waals surface area contributed by atoms with Crippen LogP contribution >= 0.6 is 23.2 Å². The fourth-order valence-electron chi connectivity index (χ4n) is 1.98. The summed E-state index contributed by atoms with van der Waals surface area (Å²) in [7, 11) is 1.03. The smallest absolute Gasteiger partial charge is 0.316 e. The van der Waals surface area contributed by atoms with Gasteiger partial charge < -0.3 is 5.32 Å². The van der Waals surface area contributed by atoms with Crippen LogP contribution in [0.25, 0.3) is 0 Å². The lowest BCUT2D eigenvalue weighted by molar-refractivity contribution is -0.291. The first-order valence-corrected chi connectivity index (χ1v) is 6.47. The molecule has 0 radical (unpaired) electrons. The molecule has 21 heavy (non-hydrogen) atoms. The van der Waals surface area contributed by atoms with Crippen molar-refractivity contribution in [1.82, 2.24) is 5.32 Å². The van der Waals surface area contributed by atoms with E-state index in [1.54, 1.807) is 0 Å². The fraction of sp³-hybridized carbons (Fsp3) is 0.500. The van der Waals surface area contributed by atoms with E-state index in [0.717, 1.165) is 7.05 Å². The number of halogens is 8. The van der Waals surface area contributed by atoms with Gasteiger partial charge >= 0.3 is 12.4 Å². The van der Waals surface area contributed by atoms with Crippen molar-refractivity contribution in [2.75, 3.05) is 7.05 Å². The van der Waals surface area contributed by atoms with Gasteiger partial charge in [-0.25, -0.2) is 0 Å². The number of nitrogens with one attached hydrogen (secondary N) is 1. The van der Waals surface area contributed by atoms with Crippen LogP contribution in [-0.2, 0) is 6.42 Å². The van der Waals surface area contributed by atoms with Crippen molar-refractivity contribution in [1.29, 1.82) is 0 Å². The maximum Gasteiger partial charge on any atom is 0.402 e. The third kappa shape index (κ3) is 4.66. The Balaban J connectivity index is 3.17. The van der Waals surface area contributed by atoms with Gasteiger partial charge in [0.1, 0.15) is 0 Å². The zero-order valence-corrected chi connectivity index (χ0v) is 12.1. The molecule has 1 nitrogen and oxygen atoms in total. The lowest BCUT2D eigenvalue weighted by Gasteiger charge is -2.31. The number of rotatable bonds is 4. The molecule has 1 aromatic rings. The molecule has 1 atom stereocenters.